The second-order valence-corrected chi connectivity index (χ2v) is 9.32. The van der Waals surface area contributed by atoms with Crippen LogP contribution in [0.1, 0.15) is 45.2 Å². The number of likely N-dealkylation sites (tertiary alicyclic amines) is 1. The van der Waals surface area contributed by atoms with Crippen LogP contribution < -0.4 is 10.1 Å². The third-order valence-electron chi connectivity index (χ3n) is 5.68. The molecule has 0 spiro atoms. The van der Waals surface area contributed by atoms with Crippen molar-refractivity contribution in [3.63, 3.8) is 0 Å². The quantitative estimate of drug-likeness (QED) is 0.487. The van der Waals surface area contributed by atoms with Crippen LogP contribution in [0.2, 0.25) is 0 Å². The minimum atomic E-state index is -5.32. The number of rotatable bonds is 4. The SMILES string of the molecule is CCOC(=O)C1(NC(=O)C(F)(F)F)Cc2cc(OC)ccc2/C1=C1\CCN(C(=O)OC(C)(C)C)C1=O. The Morgan fingerprint density at radius 2 is 1.83 bits per heavy atom. The lowest BCUT2D eigenvalue weighted by Crippen LogP contribution is -2.59. The highest BCUT2D eigenvalue weighted by atomic mass is 19.4. The van der Waals surface area contributed by atoms with E-state index >= 15 is 0 Å². The fourth-order valence-corrected chi connectivity index (χ4v) is 4.28. The van der Waals surface area contributed by atoms with E-state index in [4.69, 9.17) is 14.2 Å². The average molecular weight is 512 g/mol. The number of imide groups is 1. The van der Waals surface area contributed by atoms with Crippen molar-refractivity contribution in [2.24, 2.45) is 0 Å². The van der Waals surface area contributed by atoms with Gasteiger partial charge in [0.1, 0.15) is 11.4 Å². The van der Waals surface area contributed by atoms with Crippen LogP contribution in [-0.2, 0) is 30.3 Å². The molecule has 1 atom stereocenters. The van der Waals surface area contributed by atoms with E-state index in [1.807, 2.05) is 5.32 Å². The third-order valence-corrected chi connectivity index (χ3v) is 5.68. The van der Waals surface area contributed by atoms with Crippen molar-refractivity contribution in [2.75, 3.05) is 20.3 Å². The standard InChI is InChI=1S/C24H27F3N2O7/c1-6-35-20(32)23(28-19(31)24(25,26)27)12-13-11-14(34-5)7-8-15(13)17(23)16-9-10-29(18(16)30)21(33)36-22(2,3)4/h7-8,11H,6,9-10,12H2,1-5H3,(H,28,31)/b17-16-. The highest BCUT2D eigenvalue weighted by molar-refractivity contribution is 6.16. The first-order valence-electron chi connectivity index (χ1n) is 11.2. The lowest BCUT2D eigenvalue weighted by Gasteiger charge is -2.31. The number of amides is 3. The average Bonchev–Trinajstić information content (AvgIpc) is 3.29. The van der Waals surface area contributed by atoms with Gasteiger partial charge in [0.25, 0.3) is 5.91 Å². The van der Waals surface area contributed by atoms with Gasteiger partial charge in [-0.2, -0.15) is 13.2 Å². The van der Waals surface area contributed by atoms with E-state index in [-0.39, 0.29) is 36.3 Å². The van der Waals surface area contributed by atoms with Crippen molar-refractivity contribution in [2.45, 2.75) is 57.9 Å². The Labute approximate surface area is 205 Å². The minimum absolute atomic E-state index is 0.0814. The van der Waals surface area contributed by atoms with Crippen LogP contribution in [-0.4, -0.2) is 66.4 Å². The number of ether oxygens (including phenoxy) is 3. The van der Waals surface area contributed by atoms with Crippen LogP contribution in [0.5, 0.6) is 5.75 Å². The maximum Gasteiger partial charge on any atom is 0.471 e. The van der Waals surface area contributed by atoms with E-state index in [9.17, 15) is 32.3 Å². The maximum absolute atomic E-state index is 13.4. The molecule has 1 aromatic rings. The molecule has 36 heavy (non-hydrogen) atoms. The number of nitrogens with zero attached hydrogens (tertiary/aromatic N) is 1. The highest BCUT2D eigenvalue weighted by Crippen LogP contribution is 2.47. The summed E-state index contributed by atoms with van der Waals surface area (Å²) in [6.07, 6.45) is -6.75. The van der Waals surface area contributed by atoms with Gasteiger partial charge in [-0.3, -0.25) is 9.59 Å². The number of methoxy groups -OCH3 is 1. The van der Waals surface area contributed by atoms with Crippen LogP contribution in [0, 0.1) is 0 Å². The van der Waals surface area contributed by atoms with Gasteiger partial charge in [-0.05, 0) is 57.4 Å². The summed E-state index contributed by atoms with van der Waals surface area (Å²) < 4.78 is 55.6. The predicted octanol–water partition coefficient (Wildman–Crippen LogP) is 3.15. The Kier molecular flexibility index (Phi) is 7.11. The second kappa shape index (κ2) is 9.47. The van der Waals surface area contributed by atoms with E-state index in [0.29, 0.717) is 11.3 Å². The lowest BCUT2D eigenvalue weighted by atomic mass is 9.85. The van der Waals surface area contributed by atoms with Crippen molar-refractivity contribution < 1.29 is 46.6 Å². The molecule has 0 saturated carbocycles. The molecule has 1 heterocycles. The van der Waals surface area contributed by atoms with Gasteiger partial charge in [0, 0.05) is 24.1 Å². The first-order valence-corrected chi connectivity index (χ1v) is 11.2. The van der Waals surface area contributed by atoms with Crippen molar-refractivity contribution in [3.05, 3.63) is 34.9 Å². The summed E-state index contributed by atoms with van der Waals surface area (Å²) in [5.41, 5.74) is -2.88. The Bertz CT molecular complexity index is 1140. The fourth-order valence-electron chi connectivity index (χ4n) is 4.28. The van der Waals surface area contributed by atoms with Crippen molar-refractivity contribution in [3.8, 4) is 5.75 Å². The molecule has 1 aromatic carbocycles. The van der Waals surface area contributed by atoms with E-state index in [2.05, 4.69) is 0 Å². The van der Waals surface area contributed by atoms with Gasteiger partial charge in [0.15, 0.2) is 5.54 Å². The number of fused-ring (bicyclic) bond motifs is 1. The summed E-state index contributed by atoms with van der Waals surface area (Å²) in [6.45, 7) is 5.99. The van der Waals surface area contributed by atoms with Crippen LogP contribution in [0.3, 0.4) is 0 Å². The zero-order chi connectivity index (χ0) is 27.1. The lowest BCUT2D eigenvalue weighted by molar-refractivity contribution is -0.177. The molecule has 0 radical (unpaired) electrons. The molecule has 1 N–H and O–H groups in total. The van der Waals surface area contributed by atoms with E-state index in [0.717, 1.165) is 4.90 Å². The highest BCUT2D eigenvalue weighted by Gasteiger charge is 2.56. The Morgan fingerprint density at radius 3 is 2.39 bits per heavy atom. The molecule has 1 fully saturated rings. The Balaban J connectivity index is 2.23. The summed E-state index contributed by atoms with van der Waals surface area (Å²) in [4.78, 5) is 52.1. The fraction of sp³-hybridized carbons (Fsp3) is 0.500. The molecule has 3 amide bonds. The normalized spacial score (nSPS) is 21.8. The molecule has 1 aliphatic carbocycles. The molecule has 1 unspecified atom stereocenters. The van der Waals surface area contributed by atoms with Gasteiger partial charge in [-0.1, -0.05) is 6.07 Å². The van der Waals surface area contributed by atoms with Crippen molar-refractivity contribution in [1.29, 1.82) is 0 Å². The summed E-state index contributed by atoms with van der Waals surface area (Å²) in [5, 5.41) is 1.81. The molecule has 12 heteroatoms. The molecule has 196 valence electrons. The van der Waals surface area contributed by atoms with Crippen molar-refractivity contribution >= 4 is 29.5 Å². The number of benzene rings is 1. The smallest absolute Gasteiger partial charge is 0.471 e. The molecule has 9 nitrogen and oxygen atoms in total. The molecule has 0 bridgehead atoms. The zero-order valence-electron chi connectivity index (χ0n) is 20.5. The first-order chi connectivity index (χ1) is 16.6. The predicted molar refractivity (Wildman–Crippen MR) is 120 cm³/mol. The number of carbonyl (C=O) groups is 4. The molecular weight excluding hydrogens is 485 g/mol. The molecule has 0 aromatic heterocycles. The van der Waals surface area contributed by atoms with Crippen LogP contribution in [0.4, 0.5) is 18.0 Å². The Morgan fingerprint density at radius 1 is 1.17 bits per heavy atom. The maximum atomic E-state index is 13.4. The third kappa shape index (κ3) is 5.02. The van der Waals surface area contributed by atoms with Gasteiger partial charge in [-0.15, -0.1) is 0 Å². The van der Waals surface area contributed by atoms with Crippen LogP contribution in [0.15, 0.2) is 23.8 Å². The molecule has 3 rings (SSSR count). The van der Waals surface area contributed by atoms with E-state index in [1.165, 1.54) is 32.2 Å². The van der Waals surface area contributed by atoms with Gasteiger partial charge in [0.2, 0.25) is 0 Å². The summed E-state index contributed by atoms with van der Waals surface area (Å²) in [5.74, 6) is -4.02. The van der Waals surface area contributed by atoms with Gasteiger partial charge < -0.3 is 19.5 Å². The molecule has 1 saturated heterocycles. The number of hydrogen-bond acceptors (Lipinski definition) is 7. The number of alkyl halides is 3. The number of nitrogens with one attached hydrogen (secondary N) is 1. The monoisotopic (exact) mass is 512 g/mol. The van der Waals surface area contributed by atoms with Gasteiger partial charge >= 0.3 is 24.1 Å². The van der Waals surface area contributed by atoms with E-state index < -0.39 is 47.6 Å². The van der Waals surface area contributed by atoms with Crippen LogP contribution in [0.25, 0.3) is 5.57 Å². The summed E-state index contributed by atoms with van der Waals surface area (Å²) >= 11 is 0. The molecular formula is C24H27F3N2O7. The molecule has 1 aliphatic heterocycles. The zero-order valence-corrected chi connectivity index (χ0v) is 20.5. The Hall–Kier alpha value is -3.57. The van der Waals surface area contributed by atoms with Gasteiger partial charge in [-0.25, -0.2) is 14.5 Å². The number of hydrogen-bond donors (Lipinski definition) is 1. The molecule has 2 aliphatic rings. The number of carbonyl (C=O) groups excluding carboxylic acids is 4. The van der Waals surface area contributed by atoms with Crippen molar-refractivity contribution in [1.82, 2.24) is 10.2 Å². The van der Waals surface area contributed by atoms with Crippen LogP contribution >= 0.6 is 0 Å². The number of halogens is 3. The summed E-state index contributed by atoms with van der Waals surface area (Å²) in [7, 11) is 1.39. The van der Waals surface area contributed by atoms with Gasteiger partial charge in [0.05, 0.1) is 13.7 Å². The topological polar surface area (TPSA) is 111 Å². The van der Waals surface area contributed by atoms with E-state index in [1.54, 1.807) is 20.8 Å². The first kappa shape index (κ1) is 27.0. The second-order valence-electron chi connectivity index (χ2n) is 9.32. The number of esters is 1. The largest absolute Gasteiger partial charge is 0.497 e. The summed E-state index contributed by atoms with van der Waals surface area (Å²) in [6, 6.07) is 4.50. The minimum Gasteiger partial charge on any atom is -0.497 e.